The number of hydrogen-bond acceptors (Lipinski definition) is 5. The molecule has 9 heteroatoms. The molecule has 1 saturated heterocycles. The molecule has 2 aromatic rings. The summed E-state index contributed by atoms with van der Waals surface area (Å²) in [5.41, 5.74) is 0.291. The summed E-state index contributed by atoms with van der Waals surface area (Å²) in [5, 5.41) is 0. The number of anilines is 1. The zero-order valence-corrected chi connectivity index (χ0v) is 15.7. The molecule has 2 heterocycles. The Balaban J connectivity index is 1.55. The summed E-state index contributed by atoms with van der Waals surface area (Å²) >= 11 is 0. The highest BCUT2D eigenvalue weighted by Crippen LogP contribution is 2.16. The SMILES string of the molecule is Cc1cc(F)ccc1S(=O)(=O)NCC(=O)N1CCN(c2ccccn2)CC1. The number of nitrogens with zero attached hydrogens (tertiary/aromatic N) is 3. The van der Waals surface area contributed by atoms with Crippen LogP contribution >= 0.6 is 0 Å². The predicted octanol–water partition coefficient (Wildman–Crippen LogP) is 1.16. The predicted molar refractivity (Wildman–Crippen MR) is 99.4 cm³/mol. The Kier molecular flexibility index (Phi) is 5.71. The second kappa shape index (κ2) is 8.01. The van der Waals surface area contributed by atoms with E-state index in [1.807, 2.05) is 18.2 Å². The molecule has 1 aliphatic heterocycles. The van der Waals surface area contributed by atoms with Crippen molar-refractivity contribution in [1.29, 1.82) is 0 Å². The number of hydrogen-bond donors (Lipinski definition) is 1. The fourth-order valence-electron chi connectivity index (χ4n) is 2.99. The number of sulfonamides is 1. The quantitative estimate of drug-likeness (QED) is 0.826. The average molecular weight is 392 g/mol. The van der Waals surface area contributed by atoms with E-state index < -0.39 is 15.8 Å². The van der Waals surface area contributed by atoms with Gasteiger partial charge >= 0.3 is 0 Å². The van der Waals surface area contributed by atoms with Crippen LogP contribution in [0.25, 0.3) is 0 Å². The lowest BCUT2D eigenvalue weighted by molar-refractivity contribution is -0.130. The number of piperazine rings is 1. The fraction of sp³-hybridized carbons (Fsp3) is 0.333. The van der Waals surface area contributed by atoms with Crippen molar-refractivity contribution in [3.8, 4) is 0 Å². The molecule has 144 valence electrons. The first-order chi connectivity index (χ1) is 12.9. The largest absolute Gasteiger partial charge is 0.353 e. The third-order valence-corrected chi connectivity index (χ3v) is 6.01. The van der Waals surface area contributed by atoms with Crippen molar-refractivity contribution in [3.63, 3.8) is 0 Å². The van der Waals surface area contributed by atoms with Gasteiger partial charge in [-0.25, -0.2) is 22.5 Å². The van der Waals surface area contributed by atoms with Gasteiger partial charge in [-0.3, -0.25) is 4.79 Å². The Labute approximate surface area is 157 Å². The summed E-state index contributed by atoms with van der Waals surface area (Å²) in [6.07, 6.45) is 1.72. The molecule has 0 unspecified atom stereocenters. The molecule has 1 aromatic heterocycles. The summed E-state index contributed by atoms with van der Waals surface area (Å²) in [5.74, 6) is 0.0596. The molecule has 1 amide bonds. The lowest BCUT2D eigenvalue weighted by Crippen LogP contribution is -2.51. The van der Waals surface area contributed by atoms with E-state index in [0.29, 0.717) is 31.7 Å². The molecular formula is C18H21FN4O3S. The Morgan fingerprint density at radius 1 is 1.19 bits per heavy atom. The van der Waals surface area contributed by atoms with Gasteiger partial charge < -0.3 is 9.80 Å². The molecule has 1 fully saturated rings. The summed E-state index contributed by atoms with van der Waals surface area (Å²) < 4.78 is 40.2. The molecule has 3 rings (SSSR count). The minimum Gasteiger partial charge on any atom is -0.353 e. The number of aryl methyl sites for hydroxylation is 1. The third-order valence-electron chi connectivity index (χ3n) is 4.45. The van der Waals surface area contributed by atoms with E-state index >= 15 is 0 Å². The average Bonchev–Trinajstić information content (AvgIpc) is 2.67. The Morgan fingerprint density at radius 3 is 2.56 bits per heavy atom. The van der Waals surface area contributed by atoms with Crippen LogP contribution in [0.3, 0.4) is 0 Å². The lowest BCUT2D eigenvalue weighted by Gasteiger charge is -2.35. The second-order valence-electron chi connectivity index (χ2n) is 6.29. The smallest absolute Gasteiger partial charge is 0.241 e. The van der Waals surface area contributed by atoms with Crippen molar-refractivity contribution in [2.45, 2.75) is 11.8 Å². The van der Waals surface area contributed by atoms with Crippen molar-refractivity contribution >= 4 is 21.7 Å². The molecule has 0 radical (unpaired) electrons. The molecule has 0 aliphatic carbocycles. The highest BCUT2D eigenvalue weighted by atomic mass is 32.2. The number of benzene rings is 1. The molecule has 0 bridgehead atoms. The first-order valence-electron chi connectivity index (χ1n) is 8.56. The lowest BCUT2D eigenvalue weighted by atomic mass is 10.2. The molecule has 1 N–H and O–H groups in total. The van der Waals surface area contributed by atoms with Gasteiger partial charge in [0.25, 0.3) is 0 Å². The van der Waals surface area contributed by atoms with Gasteiger partial charge in [0.1, 0.15) is 11.6 Å². The van der Waals surface area contributed by atoms with Crippen LogP contribution in [-0.4, -0.2) is 56.9 Å². The van der Waals surface area contributed by atoms with Crippen LogP contribution in [0.2, 0.25) is 0 Å². The van der Waals surface area contributed by atoms with Gasteiger partial charge in [-0.15, -0.1) is 0 Å². The standard InChI is InChI=1S/C18H21FN4O3S/c1-14-12-15(19)5-6-16(14)27(25,26)21-13-18(24)23-10-8-22(9-11-23)17-4-2-3-7-20-17/h2-7,12,21H,8-11,13H2,1H3. The summed E-state index contributed by atoms with van der Waals surface area (Å²) in [6.45, 7) is 3.43. The zero-order chi connectivity index (χ0) is 19.4. The first kappa shape index (κ1) is 19.2. The van der Waals surface area contributed by atoms with Gasteiger partial charge in [0, 0.05) is 32.4 Å². The minimum absolute atomic E-state index is 0.0309. The van der Waals surface area contributed by atoms with Crippen LogP contribution in [0.4, 0.5) is 10.2 Å². The van der Waals surface area contributed by atoms with Gasteiger partial charge in [0.05, 0.1) is 11.4 Å². The topological polar surface area (TPSA) is 82.6 Å². The molecule has 0 saturated carbocycles. The van der Waals surface area contributed by atoms with Crippen molar-refractivity contribution in [1.82, 2.24) is 14.6 Å². The number of rotatable bonds is 5. The maximum atomic E-state index is 13.2. The zero-order valence-electron chi connectivity index (χ0n) is 14.9. The van der Waals surface area contributed by atoms with E-state index in [4.69, 9.17) is 0 Å². The van der Waals surface area contributed by atoms with Crippen LogP contribution < -0.4 is 9.62 Å². The number of carbonyl (C=O) groups is 1. The van der Waals surface area contributed by atoms with Crippen LogP contribution in [-0.2, 0) is 14.8 Å². The Bertz CT molecular complexity index is 913. The van der Waals surface area contributed by atoms with Crippen LogP contribution in [0, 0.1) is 12.7 Å². The third kappa shape index (κ3) is 4.61. The van der Waals surface area contributed by atoms with E-state index in [-0.39, 0.29) is 17.3 Å². The van der Waals surface area contributed by atoms with Gasteiger partial charge in [0.2, 0.25) is 15.9 Å². The number of nitrogens with one attached hydrogen (secondary N) is 1. The fourth-order valence-corrected chi connectivity index (χ4v) is 4.19. The van der Waals surface area contributed by atoms with Crippen molar-refractivity contribution in [2.24, 2.45) is 0 Å². The molecule has 27 heavy (non-hydrogen) atoms. The van der Waals surface area contributed by atoms with E-state index in [0.717, 1.165) is 18.0 Å². The molecule has 0 spiro atoms. The van der Waals surface area contributed by atoms with Crippen LogP contribution in [0.5, 0.6) is 0 Å². The normalized spacial score (nSPS) is 15.0. The Morgan fingerprint density at radius 2 is 1.93 bits per heavy atom. The number of pyridine rings is 1. The van der Waals surface area contributed by atoms with Crippen LogP contribution in [0.15, 0.2) is 47.5 Å². The van der Waals surface area contributed by atoms with Crippen molar-refractivity contribution in [2.75, 3.05) is 37.6 Å². The highest BCUT2D eigenvalue weighted by molar-refractivity contribution is 7.89. The molecular weight excluding hydrogens is 371 g/mol. The molecule has 1 aliphatic rings. The van der Waals surface area contributed by atoms with Crippen molar-refractivity contribution < 1.29 is 17.6 Å². The van der Waals surface area contributed by atoms with E-state index in [1.165, 1.54) is 13.0 Å². The monoisotopic (exact) mass is 392 g/mol. The molecule has 1 aromatic carbocycles. The second-order valence-corrected chi connectivity index (χ2v) is 8.03. The maximum absolute atomic E-state index is 13.2. The van der Waals surface area contributed by atoms with E-state index in [9.17, 15) is 17.6 Å². The van der Waals surface area contributed by atoms with Crippen LogP contribution in [0.1, 0.15) is 5.56 Å². The summed E-state index contributed by atoms with van der Waals surface area (Å²) in [6, 6.07) is 9.09. The highest BCUT2D eigenvalue weighted by Gasteiger charge is 2.24. The first-order valence-corrected chi connectivity index (χ1v) is 10.0. The van der Waals surface area contributed by atoms with Gasteiger partial charge in [0.15, 0.2) is 0 Å². The molecule has 7 nitrogen and oxygen atoms in total. The van der Waals surface area contributed by atoms with Gasteiger partial charge in [-0.2, -0.15) is 0 Å². The van der Waals surface area contributed by atoms with E-state index in [1.54, 1.807) is 11.1 Å². The van der Waals surface area contributed by atoms with Gasteiger partial charge in [-0.05, 0) is 42.8 Å². The maximum Gasteiger partial charge on any atom is 0.241 e. The number of carbonyl (C=O) groups excluding carboxylic acids is 1. The number of halogens is 1. The summed E-state index contributed by atoms with van der Waals surface area (Å²) in [7, 11) is -3.88. The number of amides is 1. The molecule has 0 atom stereocenters. The van der Waals surface area contributed by atoms with Gasteiger partial charge in [-0.1, -0.05) is 6.07 Å². The minimum atomic E-state index is -3.88. The van der Waals surface area contributed by atoms with Crippen molar-refractivity contribution in [3.05, 3.63) is 54.0 Å². The van der Waals surface area contributed by atoms with E-state index in [2.05, 4.69) is 14.6 Å². The summed E-state index contributed by atoms with van der Waals surface area (Å²) in [4.78, 5) is 20.3. The number of aromatic nitrogens is 1. The Hall–Kier alpha value is -2.52.